The molecule has 1 heterocycles. The van der Waals surface area contributed by atoms with Gasteiger partial charge in [-0.3, -0.25) is 4.79 Å². The van der Waals surface area contributed by atoms with Crippen LogP contribution in [0, 0.1) is 0 Å². The van der Waals surface area contributed by atoms with Crippen molar-refractivity contribution in [3.63, 3.8) is 0 Å². The van der Waals surface area contributed by atoms with Crippen molar-refractivity contribution in [2.75, 3.05) is 13.7 Å². The maximum absolute atomic E-state index is 12.6. The van der Waals surface area contributed by atoms with E-state index in [9.17, 15) is 9.59 Å². The van der Waals surface area contributed by atoms with Crippen molar-refractivity contribution in [2.24, 2.45) is 0 Å². The molecule has 0 spiro atoms. The highest BCUT2D eigenvalue weighted by molar-refractivity contribution is 9.08. The Hall–Kier alpha value is -1.36. The Morgan fingerprint density at radius 3 is 2.84 bits per heavy atom. The molecule has 0 radical (unpaired) electrons. The Balaban J connectivity index is 2.26. The summed E-state index contributed by atoms with van der Waals surface area (Å²) in [5, 5.41) is 0.617. The lowest BCUT2D eigenvalue weighted by atomic mass is 10.1. The monoisotopic (exact) mass is 325 g/mol. The predicted octanol–water partition coefficient (Wildman–Crippen LogP) is 2.36. The molecule has 0 aromatic heterocycles. The van der Waals surface area contributed by atoms with Gasteiger partial charge in [0.25, 0.3) is 5.91 Å². The molecule has 1 amide bonds. The lowest BCUT2D eigenvalue weighted by Crippen LogP contribution is -2.41. The first-order valence-corrected chi connectivity index (χ1v) is 7.34. The first-order valence-electron chi connectivity index (χ1n) is 6.21. The molecule has 4 nitrogen and oxygen atoms in total. The lowest BCUT2D eigenvalue weighted by molar-refractivity contribution is -0.145. The highest BCUT2D eigenvalue weighted by atomic mass is 79.9. The molecule has 2 rings (SSSR count). The number of hydrogen-bond acceptors (Lipinski definition) is 3. The van der Waals surface area contributed by atoms with Crippen molar-refractivity contribution in [3.8, 4) is 0 Å². The molecule has 102 valence electrons. The van der Waals surface area contributed by atoms with E-state index < -0.39 is 6.04 Å². The van der Waals surface area contributed by atoms with Crippen LogP contribution in [0.3, 0.4) is 0 Å². The maximum Gasteiger partial charge on any atom is 0.328 e. The van der Waals surface area contributed by atoms with Gasteiger partial charge in [0.05, 0.1) is 7.11 Å². The standard InChI is InChI=1S/C14H16BrNO3/c1-19-14(18)12-7-4-8-16(12)13(17)11-6-3-2-5-10(11)9-15/h2-3,5-6,12H,4,7-9H2,1H3. The maximum atomic E-state index is 12.6. The minimum absolute atomic E-state index is 0.0945. The van der Waals surface area contributed by atoms with Crippen LogP contribution >= 0.6 is 15.9 Å². The molecular weight excluding hydrogens is 310 g/mol. The molecule has 1 aromatic rings. The number of nitrogens with zero attached hydrogens (tertiary/aromatic N) is 1. The second-order valence-corrected chi connectivity index (χ2v) is 5.03. The zero-order valence-electron chi connectivity index (χ0n) is 10.8. The van der Waals surface area contributed by atoms with Crippen LogP contribution in [0.5, 0.6) is 0 Å². The number of carbonyl (C=O) groups is 2. The van der Waals surface area contributed by atoms with Crippen molar-refractivity contribution in [3.05, 3.63) is 35.4 Å². The zero-order chi connectivity index (χ0) is 13.8. The number of hydrogen-bond donors (Lipinski definition) is 0. The van der Waals surface area contributed by atoms with Gasteiger partial charge in [0.1, 0.15) is 6.04 Å². The van der Waals surface area contributed by atoms with Gasteiger partial charge >= 0.3 is 5.97 Å². The first kappa shape index (κ1) is 14.1. The summed E-state index contributed by atoms with van der Waals surface area (Å²) in [6, 6.07) is 7.00. The molecule has 1 saturated heterocycles. The van der Waals surface area contributed by atoms with Crippen LogP contribution in [0.1, 0.15) is 28.8 Å². The van der Waals surface area contributed by atoms with E-state index in [4.69, 9.17) is 4.74 Å². The van der Waals surface area contributed by atoms with Gasteiger partial charge in [-0.05, 0) is 24.5 Å². The van der Waals surface area contributed by atoms with E-state index in [1.54, 1.807) is 11.0 Å². The summed E-state index contributed by atoms with van der Waals surface area (Å²) in [7, 11) is 1.36. The Morgan fingerprint density at radius 1 is 1.42 bits per heavy atom. The van der Waals surface area contributed by atoms with Crippen molar-refractivity contribution in [1.29, 1.82) is 0 Å². The van der Waals surface area contributed by atoms with Gasteiger partial charge < -0.3 is 9.64 Å². The predicted molar refractivity (Wildman–Crippen MR) is 75.1 cm³/mol. The topological polar surface area (TPSA) is 46.6 Å². The van der Waals surface area contributed by atoms with E-state index >= 15 is 0 Å². The Bertz CT molecular complexity index is 489. The minimum Gasteiger partial charge on any atom is -0.467 e. The highest BCUT2D eigenvalue weighted by Crippen LogP contribution is 2.23. The van der Waals surface area contributed by atoms with Crippen LogP contribution in [-0.2, 0) is 14.9 Å². The third kappa shape index (κ3) is 2.81. The number of amides is 1. The van der Waals surface area contributed by atoms with Gasteiger partial charge in [0, 0.05) is 17.4 Å². The summed E-state index contributed by atoms with van der Waals surface area (Å²) >= 11 is 3.38. The quantitative estimate of drug-likeness (QED) is 0.633. The zero-order valence-corrected chi connectivity index (χ0v) is 12.4. The van der Waals surface area contributed by atoms with E-state index in [2.05, 4.69) is 15.9 Å². The molecule has 19 heavy (non-hydrogen) atoms. The number of methoxy groups -OCH3 is 1. The Morgan fingerprint density at radius 2 is 2.16 bits per heavy atom. The first-order chi connectivity index (χ1) is 9.19. The fourth-order valence-corrected chi connectivity index (χ4v) is 2.88. The van der Waals surface area contributed by atoms with Crippen LogP contribution in [0.4, 0.5) is 0 Å². The van der Waals surface area contributed by atoms with Gasteiger partial charge in [-0.15, -0.1) is 0 Å². The number of ether oxygens (including phenoxy) is 1. The van der Waals surface area contributed by atoms with E-state index in [0.29, 0.717) is 23.9 Å². The fourth-order valence-electron chi connectivity index (χ4n) is 2.39. The van der Waals surface area contributed by atoms with Gasteiger partial charge in [-0.2, -0.15) is 0 Å². The second kappa shape index (κ2) is 6.19. The van der Waals surface area contributed by atoms with Crippen LogP contribution < -0.4 is 0 Å². The van der Waals surface area contributed by atoms with E-state index in [0.717, 1.165) is 12.0 Å². The molecule has 0 aliphatic carbocycles. The molecule has 1 fully saturated rings. The van der Waals surface area contributed by atoms with Gasteiger partial charge in [0.15, 0.2) is 0 Å². The summed E-state index contributed by atoms with van der Waals surface area (Å²) in [6.07, 6.45) is 1.51. The molecule has 0 saturated carbocycles. The third-order valence-corrected chi connectivity index (χ3v) is 3.98. The summed E-state index contributed by atoms with van der Waals surface area (Å²) in [4.78, 5) is 25.9. The van der Waals surface area contributed by atoms with Crippen LogP contribution in [0.2, 0.25) is 0 Å². The molecule has 0 bridgehead atoms. The molecule has 1 aliphatic heterocycles. The smallest absolute Gasteiger partial charge is 0.328 e. The summed E-state index contributed by atoms with van der Waals surface area (Å²) in [5.74, 6) is -0.426. The van der Waals surface area contributed by atoms with E-state index in [1.165, 1.54) is 7.11 Å². The molecule has 1 unspecified atom stereocenters. The second-order valence-electron chi connectivity index (χ2n) is 4.47. The summed E-state index contributed by atoms with van der Waals surface area (Å²) < 4.78 is 4.76. The van der Waals surface area contributed by atoms with Crippen molar-refractivity contribution in [2.45, 2.75) is 24.2 Å². The average molecular weight is 326 g/mol. The SMILES string of the molecule is COC(=O)C1CCCN1C(=O)c1ccccc1CBr. The minimum atomic E-state index is -0.444. The molecule has 1 atom stereocenters. The molecule has 1 aliphatic rings. The number of carbonyl (C=O) groups excluding carboxylic acids is 2. The van der Waals surface area contributed by atoms with Crippen LogP contribution in [0.15, 0.2) is 24.3 Å². The Labute approximate surface area is 120 Å². The van der Waals surface area contributed by atoms with Crippen LogP contribution in [-0.4, -0.2) is 36.5 Å². The summed E-state index contributed by atoms with van der Waals surface area (Å²) in [5.41, 5.74) is 1.58. The number of halogens is 1. The molecule has 1 aromatic carbocycles. The molecular formula is C14H16BrNO3. The normalized spacial score (nSPS) is 18.4. The largest absolute Gasteiger partial charge is 0.467 e. The average Bonchev–Trinajstić information content (AvgIpc) is 2.95. The van der Waals surface area contributed by atoms with Crippen LogP contribution in [0.25, 0.3) is 0 Å². The number of rotatable bonds is 3. The molecule has 0 N–H and O–H groups in total. The van der Waals surface area contributed by atoms with Gasteiger partial charge in [-0.1, -0.05) is 34.1 Å². The van der Waals surface area contributed by atoms with Crippen molar-refractivity contribution >= 4 is 27.8 Å². The third-order valence-electron chi connectivity index (χ3n) is 3.38. The number of benzene rings is 1. The number of alkyl halides is 1. The van der Waals surface area contributed by atoms with Crippen molar-refractivity contribution < 1.29 is 14.3 Å². The summed E-state index contributed by atoms with van der Waals surface area (Å²) in [6.45, 7) is 0.606. The fraction of sp³-hybridized carbons (Fsp3) is 0.429. The number of likely N-dealkylation sites (tertiary alicyclic amines) is 1. The lowest BCUT2D eigenvalue weighted by Gasteiger charge is -2.23. The highest BCUT2D eigenvalue weighted by Gasteiger charge is 2.35. The molecule has 5 heteroatoms. The number of esters is 1. The Kier molecular flexibility index (Phi) is 4.58. The van der Waals surface area contributed by atoms with Gasteiger partial charge in [-0.25, -0.2) is 4.79 Å². The van der Waals surface area contributed by atoms with E-state index in [-0.39, 0.29) is 11.9 Å². The van der Waals surface area contributed by atoms with Gasteiger partial charge in [0.2, 0.25) is 0 Å². The van der Waals surface area contributed by atoms with Crippen molar-refractivity contribution in [1.82, 2.24) is 4.90 Å². The van der Waals surface area contributed by atoms with E-state index in [1.807, 2.05) is 18.2 Å².